The van der Waals surface area contributed by atoms with Crippen LogP contribution in [0.5, 0.6) is 0 Å². The molecule has 0 aliphatic carbocycles. The number of benzene rings is 1. The number of ether oxygens (including phenoxy) is 1. The van der Waals surface area contributed by atoms with Crippen LogP contribution in [-0.2, 0) is 9.53 Å². The number of alkyl halides is 2. The predicted molar refractivity (Wildman–Crippen MR) is 114 cm³/mol. The van der Waals surface area contributed by atoms with E-state index in [9.17, 15) is 9.59 Å². The third-order valence-electron chi connectivity index (χ3n) is 3.62. The molecule has 1 heterocycles. The summed E-state index contributed by atoms with van der Waals surface area (Å²) in [6, 6.07) is 9.10. The zero-order chi connectivity index (χ0) is 22.3. The molecule has 1 aromatic rings. The van der Waals surface area contributed by atoms with Crippen molar-refractivity contribution in [1.82, 2.24) is 10.2 Å². The van der Waals surface area contributed by atoms with Gasteiger partial charge in [0.1, 0.15) is 12.1 Å². The van der Waals surface area contributed by atoms with Gasteiger partial charge in [-0.05, 0) is 6.08 Å². The standard InChI is InChI=1S/C11H17Cl2N3O3.C7H6O.CH4O/c1-14-9(15-2)3-4-16(7-18)10-11(12,13)5-8(6-17)19-10;8-6-7-4-2-1-3-5-7;1-2/h3-4,7-8,10,17H,5-6H2,1-2H3,(H,14,15);1-6H;2H,1H3/b4-3-;;. The fraction of sp³-hybridized carbons (Fsp3) is 0.421. The lowest BCUT2D eigenvalue weighted by Crippen LogP contribution is -2.40. The highest BCUT2D eigenvalue weighted by Crippen LogP contribution is 2.41. The molecule has 0 saturated carbocycles. The van der Waals surface area contributed by atoms with Gasteiger partial charge < -0.3 is 20.3 Å². The van der Waals surface area contributed by atoms with Gasteiger partial charge >= 0.3 is 0 Å². The summed E-state index contributed by atoms with van der Waals surface area (Å²) in [6.45, 7) is -0.202. The third-order valence-corrected chi connectivity index (χ3v) is 4.30. The Bertz CT molecular complexity index is 657. The molecule has 1 aliphatic rings. The van der Waals surface area contributed by atoms with Crippen molar-refractivity contribution in [3.63, 3.8) is 0 Å². The van der Waals surface area contributed by atoms with Crippen molar-refractivity contribution in [2.24, 2.45) is 4.99 Å². The van der Waals surface area contributed by atoms with Gasteiger partial charge in [0.05, 0.1) is 12.7 Å². The largest absolute Gasteiger partial charge is 0.400 e. The number of likely N-dealkylation sites (N-methyl/N-ethyl adjacent to an activating group) is 1. The molecule has 162 valence electrons. The Hall–Kier alpha value is -1.97. The van der Waals surface area contributed by atoms with Crippen LogP contribution in [0.2, 0.25) is 0 Å². The Morgan fingerprint density at radius 1 is 1.34 bits per heavy atom. The molecule has 0 bridgehead atoms. The molecule has 2 unspecified atom stereocenters. The minimum absolute atomic E-state index is 0.202. The highest BCUT2D eigenvalue weighted by atomic mass is 35.5. The van der Waals surface area contributed by atoms with E-state index >= 15 is 0 Å². The number of nitrogens with zero attached hydrogens (tertiary/aromatic N) is 2. The topological polar surface area (TPSA) is 111 Å². The summed E-state index contributed by atoms with van der Waals surface area (Å²) in [4.78, 5) is 26.3. The lowest BCUT2D eigenvalue weighted by atomic mass is 10.2. The van der Waals surface area contributed by atoms with Crippen LogP contribution in [0.3, 0.4) is 0 Å². The molecule has 0 radical (unpaired) electrons. The second-order valence-electron chi connectivity index (χ2n) is 5.51. The smallest absolute Gasteiger partial charge is 0.215 e. The molecular formula is C19H27Cl2N3O5. The van der Waals surface area contributed by atoms with Gasteiger partial charge in [0, 0.05) is 39.4 Å². The van der Waals surface area contributed by atoms with E-state index in [0.717, 1.165) is 19.0 Å². The van der Waals surface area contributed by atoms with Crippen LogP contribution in [0, 0.1) is 0 Å². The van der Waals surface area contributed by atoms with Crippen LogP contribution in [0.25, 0.3) is 0 Å². The van der Waals surface area contributed by atoms with E-state index in [1.807, 2.05) is 18.2 Å². The monoisotopic (exact) mass is 447 g/mol. The van der Waals surface area contributed by atoms with Crippen molar-refractivity contribution in [3.8, 4) is 0 Å². The Morgan fingerprint density at radius 3 is 2.34 bits per heavy atom. The molecule has 1 aliphatic heterocycles. The van der Waals surface area contributed by atoms with Gasteiger partial charge in [0.25, 0.3) is 0 Å². The molecular weight excluding hydrogens is 421 g/mol. The van der Waals surface area contributed by atoms with Gasteiger partial charge in [-0.2, -0.15) is 0 Å². The number of hydrogen-bond acceptors (Lipinski definition) is 6. The van der Waals surface area contributed by atoms with Gasteiger partial charge in [0.2, 0.25) is 6.41 Å². The Kier molecular flexibility index (Phi) is 13.9. The number of aliphatic hydroxyl groups excluding tert-OH is 2. The molecule has 0 aromatic heterocycles. The second-order valence-corrected chi connectivity index (χ2v) is 7.06. The fourth-order valence-corrected chi connectivity index (χ4v) is 2.93. The molecule has 1 fully saturated rings. The molecule has 1 aromatic carbocycles. The van der Waals surface area contributed by atoms with E-state index < -0.39 is 16.7 Å². The molecule has 3 N–H and O–H groups in total. The lowest BCUT2D eigenvalue weighted by Gasteiger charge is -2.27. The maximum Gasteiger partial charge on any atom is 0.215 e. The minimum atomic E-state index is -1.26. The van der Waals surface area contributed by atoms with Crippen molar-refractivity contribution < 1.29 is 24.5 Å². The number of nitrogens with one attached hydrogen (secondary N) is 1. The zero-order valence-electron chi connectivity index (χ0n) is 16.5. The summed E-state index contributed by atoms with van der Waals surface area (Å²) in [5, 5.41) is 18.9. The van der Waals surface area contributed by atoms with E-state index in [2.05, 4.69) is 10.3 Å². The SMILES string of the molecule is CN=C(/C=C\N(C=O)C1OC(CO)CC1(Cl)Cl)NC.CO.O=Cc1ccccc1. The van der Waals surface area contributed by atoms with Crippen molar-refractivity contribution in [2.75, 3.05) is 27.8 Å². The Morgan fingerprint density at radius 2 is 1.97 bits per heavy atom. The van der Waals surface area contributed by atoms with E-state index in [4.69, 9.17) is 38.2 Å². The second kappa shape index (κ2) is 14.9. The highest BCUT2D eigenvalue weighted by Gasteiger charge is 2.48. The van der Waals surface area contributed by atoms with Gasteiger partial charge in [-0.3, -0.25) is 19.5 Å². The average molecular weight is 448 g/mol. The molecule has 8 nitrogen and oxygen atoms in total. The fourth-order valence-electron chi connectivity index (χ4n) is 2.26. The number of halogens is 2. The first-order valence-corrected chi connectivity index (χ1v) is 9.32. The number of amidine groups is 1. The van der Waals surface area contributed by atoms with Crippen molar-refractivity contribution in [3.05, 3.63) is 48.2 Å². The van der Waals surface area contributed by atoms with Crippen molar-refractivity contribution in [2.45, 2.75) is 23.1 Å². The highest BCUT2D eigenvalue weighted by molar-refractivity contribution is 6.49. The van der Waals surface area contributed by atoms with Crippen LogP contribution < -0.4 is 5.32 Å². The number of carbonyl (C=O) groups is 2. The molecule has 29 heavy (non-hydrogen) atoms. The number of aliphatic hydroxyl groups is 2. The number of rotatable bonds is 6. The van der Waals surface area contributed by atoms with Crippen LogP contribution >= 0.6 is 23.2 Å². The van der Waals surface area contributed by atoms with E-state index in [0.29, 0.717) is 12.2 Å². The maximum atomic E-state index is 11.1. The number of aliphatic imine (C=N–C) groups is 1. The molecule has 1 amide bonds. The first kappa shape index (κ1) is 27.0. The van der Waals surface area contributed by atoms with Crippen LogP contribution in [0.4, 0.5) is 0 Å². The average Bonchev–Trinajstić information content (AvgIpc) is 3.08. The van der Waals surface area contributed by atoms with Gasteiger partial charge in [-0.15, -0.1) is 0 Å². The first-order chi connectivity index (χ1) is 13.9. The maximum absolute atomic E-state index is 11.1. The summed E-state index contributed by atoms with van der Waals surface area (Å²) in [6.07, 6.45) is 3.36. The summed E-state index contributed by atoms with van der Waals surface area (Å²) < 4.78 is 4.19. The van der Waals surface area contributed by atoms with Crippen LogP contribution in [0.15, 0.2) is 47.6 Å². The van der Waals surface area contributed by atoms with Crippen molar-refractivity contribution >= 4 is 41.7 Å². The number of amides is 1. The van der Waals surface area contributed by atoms with Gasteiger partial charge in [-0.25, -0.2) is 0 Å². The van der Waals surface area contributed by atoms with E-state index in [1.165, 1.54) is 11.1 Å². The number of hydrogen-bond donors (Lipinski definition) is 3. The number of aldehydes is 1. The van der Waals surface area contributed by atoms with E-state index in [1.54, 1.807) is 32.3 Å². The number of carbonyl (C=O) groups excluding carboxylic acids is 2. The summed E-state index contributed by atoms with van der Waals surface area (Å²) >= 11 is 12.2. The molecule has 0 spiro atoms. The van der Waals surface area contributed by atoms with E-state index in [-0.39, 0.29) is 13.0 Å². The summed E-state index contributed by atoms with van der Waals surface area (Å²) in [7, 11) is 4.32. The van der Waals surface area contributed by atoms with Gasteiger partial charge in [-0.1, -0.05) is 53.5 Å². The van der Waals surface area contributed by atoms with Crippen molar-refractivity contribution in [1.29, 1.82) is 0 Å². The van der Waals surface area contributed by atoms with Gasteiger partial charge in [0.15, 0.2) is 10.6 Å². The molecule has 1 saturated heterocycles. The predicted octanol–water partition coefficient (Wildman–Crippen LogP) is 1.59. The molecule has 10 heteroatoms. The Balaban J connectivity index is 0.000000649. The quantitative estimate of drug-likeness (QED) is 0.264. The summed E-state index contributed by atoms with van der Waals surface area (Å²) in [5.74, 6) is 0.582. The minimum Gasteiger partial charge on any atom is -0.400 e. The zero-order valence-corrected chi connectivity index (χ0v) is 18.0. The molecule has 2 atom stereocenters. The molecule has 2 rings (SSSR count). The van der Waals surface area contributed by atoms with Crippen LogP contribution in [-0.4, -0.2) is 78.1 Å². The lowest BCUT2D eigenvalue weighted by molar-refractivity contribution is -0.127. The third kappa shape index (κ3) is 9.38. The summed E-state index contributed by atoms with van der Waals surface area (Å²) in [5.41, 5.74) is 0.729. The first-order valence-electron chi connectivity index (χ1n) is 8.56. The van der Waals surface area contributed by atoms with Crippen LogP contribution in [0.1, 0.15) is 16.8 Å². The Labute approximate surface area is 180 Å². The normalized spacial score (nSPS) is 20.0.